The van der Waals surface area contributed by atoms with Gasteiger partial charge in [-0.2, -0.15) is 0 Å². The second-order valence-corrected chi connectivity index (χ2v) is 9.14. The fraction of sp³-hybridized carbons (Fsp3) is 0.333. The monoisotopic (exact) mass is 234 g/mol. The van der Waals surface area contributed by atoms with Crippen molar-refractivity contribution in [2.75, 3.05) is 5.75 Å². The van der Waals surface area contributed by atoms with E-state index in [1.807, 2.05) is 30.3 Å². The molecule has 0 heterocycles. The lowest BCUT2D eigenvalue weighted by atomic mass is 10.4. The quantitative estimate of drug-likeness (QED) is 0.736. The van der Waals surface area contributed by atoms with Crippen LogP contribution < -0.4 is 5.30 Å². The molecule has 0 saturated carbocycles. The normalized spacial score (nSPS) is 15.2. The first-order valence-electron chi connectivity index (χ1n) is 4.16. The Kier molecular flexibility index (Phi) is 4.37. The molecule has 1 unspecified atom stereocenters. The average Bonchev–Trinajstić information content (AvgIpc) is 2.16. The third-order valence-electron chi connectivity index (χ3n) is 1.53. The largest absolute Gasteiger partial charge is 0.290 e. The van der Waals surface area contributed by atoms with Gasteiger partial charge in [0.25, 0.3) is 0 Å². The fourth-order valence-corrected chi connectivity index (χ4v) is 5.01. The predicted molar refractivity (Wildman–Crippen MR) is 62.3 cm³/mol. The third-order valence-corrected chi connectivity index (χ3v) is 7.00. The van der Waals surface area contributed by atoms with E-state index in [9.17, 15) is 4.57 Å². The molecule has 1 nitrogen and oxygen atoms in total. The first kappa shape index (κ1) is 11.2. The van der Waals surface area contributed by atoms with Crippen LogP contribution in [0.15, 0.2) is 30.3 Å². The van der Waals surface area contributed by atoms with Crippen molar-refractivity contribution in [2.24, 2.45) is 0 Å². The zero-order valence-electron chi connectivity index (χ0n) is 7.44. The van der Waals surface area contributed by atoms with E-state index in [2.05, 4.69) is 6.92 Å². The third kappa shape index (κ3) is 3.38. The van der Waals surface area contributed by atoms with Gasteiger partial charge in [-0.05, 0) is 29.8 Å². The van der Waals surface area contributed by atoms with Crippen LogP contribution >= 0.6 is 28.3 Å². The predicted octanol–water partition coefficient (Wildman–Crippen LogP) is 3.89. The van der Waals surface area contributed by atoms with Crippen molar-refractivity contribution in [3.63, 3.8) is 0 Å². The van der Waals surface area contributed by atoms with E-state index >= 15 is 0 Å². The lowest BCUT2D eigenvalue weighted by Gasteiger charge is -2.08. The number of halogens is 1. The molecule has 1 rings (SSSR count). The minimum Gasteiger partial charge on any atom is -0.290 e. The first-order chi connectivity index (χ1) is 6.17. The lowest BCUT2D eigenvalue weighted by molar-refractivity contribution is 0.598. The minimum atomic E-state index is -2.67. The van der Waals surface area contributed by atoms with Crippen molar-refractivity contribution in [1.29, 1.82) is 0 Å². The summed E-state index contributed by atoms with van der Waals surface area (Å²) in [5, 5.41) is 0.745. The summed E-state index contributed by atoms with van der Waals surface area (Å²) in [6.07, 6.45) is 0.994. The van der Waals surface area contributed by atoms with E-state index in [1.54, 1.807) is 0 Å². The van der Waals surface area contributed by atoms with Gasteiger partial charge in [-0.3, -0.25) is 4.57 Å². The second-order valence-electron chi connectivity index (χ2n) is 2.65. The molecular weight excluding hydrogens is 223 g/mol. The molecule has 13 heavy (non-hydrogen) atoms. The maximum atomic E-state index is 11.9. The van der Waals surface area contributed by atoms with Crippen LogP contribution in [0.5, 0.6) is 0 Å². The van der Waals surface area contributed by atoms with Gasteiger partial charge in [0.15, 0.2) is 0 Å². The highest BCUT2D eigenvalue weighted by molar-refractivity contribution is 8.67. The Labute approximate surface area is 87.8 Å². The van der Waals surface area contributed by atoms with E-state index < -0.39 is 5.70 Å². The lowest BCUT2D eigenvalue weighted by Crippen LogP contribution is -1.96. The van der Waals surface area contributed by atoms with Gasteiger partial charge in [-0.25, -0.2) is 0 Å². The van der Waals surface area contributed by atoms with Crippen LogP contribution in [0.3, 0.4) is 0 Å². The van der Waals surface area contributed by atoms with Crippen LogP contribution in [0.2, 0.25) is 0 Å². The summed E-state index contributed by atoms with van der Waals surface area (Å²) in [6, 6.07) is 9.24. The zero-order valence-corrected chi connectivity index (χ0v) is 9.91. The summed E-state index contributed by atoms with van der Waals surface area (Å²) >= 11 is 7.31. The maximum absolute atomic E-state index is 11.9. The smallest absolute Gasteiger partial charge is 0.250 e. The first-order valence-corrected chi connectivity index (χ1v) is 8.37. The van der Waals surface area contributed by atoms with Crippen molar-refractivity contribution < 1.29 is 4.57 Å². The molecular formula is C9H12ClOPS. The van der Waals surface area contributed by atoms with Crippen molar-refractivity contribution in [3.8, 4) is 0 Å². The van der Waals surface area contributed by atoms with Gasteiger partial charge in [-0.1, -0.05) is 36.5 Å². The number of hydrogen-bond donors (Lipinski definition) is 0. The molecule has 1 aromatic rings. The molecule has 0 aromatic heterocycles. The molecule has 72 valence electrons. The highest BCUT2D eigenvalue weighted by atomic mass is 35.7. The molecule has 4 heteroatoms. The van der Waals surface area contributed by atoms with Gasteiger partial charge < -0.3 is 0 Å². The van der Waals surface area contributed by atoms with Gasteiger partial charge in [0.05, 0.1) is 0 Å². The fourth-order valence-electron chi connectivity index (χ4n) is 0.889. The molecule has 0 bridgehead atoms. The van der Waals surface area contributed by atoms with Crippen molar-refractivity contribution in [2.45, 2.75) is 13.3 Å². The molecule has 1 atom stereocenters. The van der Waals surface area contributed by atoms with Crippen LogP contribution in [0.1, 0.15) is 13.3 Å². The van der Waals surface area contributed by atoms with Crippen molar-refractivity contribution in [3.05, 3.63) is 30.3 Å². The Balaban J connectivity index is 2.76. The summed E-state index contributed by atoms with van der Waals surface area (Å²) in [5.41, 5.74) is -2.67. The van der Waals surface area contributed by atoms with Gasteiger partial charge in [0, 0.05) is 11.1 Å². The average molecular weight is 235 g/mol. The van der Waals surface area contributed by atoms with Crippen molar-refractivity contribution >= 4 is 33.6 Å². The standard InChI is InChI=1S/C9H12ClOPS/c1-2-8-13-12(10,11)9-6-4-3-5-7-9/h3-7H,2,8H2,1H3. The van der Waals surface area contributed by atoms with Crippen LogP contribution in [-0.2, 0) is 4.57 Å². The second kappa shape index (κ2) is 5.09. The number of benzene rings is 1. The number of rotatable bonds is 4. The highest BCUT2D eigenvalue weighted by Crippen LogP contribution is 2.62. The van der Waals surface area contributed by atoms with Crippen LogP contribution in [-0.4, -0.2) is 5.75 Å². The molecule has 1 aromatic carbocycles. The van der Waals surface area contributed by atoms with E-state index in [-0.39, 0.29) is 0 Å². The van der Waals surface area contributed by atoms with Crippen LogP contribution in [0, 0.1) is 0 Å². The van der Waals surface area contributed by atoms with Crippen LogP contribution in [0.4, 0.5) is 0 Å². The molecule has 0 aliphatic heterocycles. The van der Waals surface area contributed by atoms with E-state index in [1.165, 1.54) is 11.4 Å². The van der Waals surface area contributed by atoms with Crippen molar-refractivity contribution in [1.82, 2.24) is 0 Å². The Morgan fingerprint density at radius 3 is 2.54 bits per heavy atom. The molecule has 0 fully saturated rings. The minimum absolute atomic E-state index is 0.745. The number of hydrogen-bond acceptors (Lipinski definition) is 2. The molecule has 0 aliphatic rings. The zero-order chi connectivity index (χ0) is 9.73. The summed E-state index contributed by atoms with van der Waals surface area (Å²) in [4.78, 5) is 0. The summed E-state index contributed by atoms with van der Waals surface area (Å²) < 4.78 is 11.9. The van der Waals surface area contributed by atoms with Gasteiger partial charge in [0.1, 0.15) is 0 Å². The SMILES string of the molecule is CCCSP(=O)(Cl)c1ccccc1. The summed E-state index contributed by atoms with van der Waals surface area (Å²) in [6.45, 7) is 2.05. The van der Waals surface area contributed by atoms with E-state index in [4.69, 9.17) is 11.2 Å². The molecule has 0 aliphatic carbocycles. The van der Waals surface area contributed by atoms with E-state index in [0.29, 0.717) is 0 Å². The Morgan fingerprint density at radius 2 is 2.00 bits per heavy atom. The van der Waals surface area contributed by atoms with Gasteiger partial charge >= 0.3 is 0 Å². The summed E-state index contributed by atoms with van der Waals surface area (Å²) in [7, 11) is 0. The Morgan fingerprint density at radius 1 is 1.38 bits per heavy atom. The molecule has 0 spiro atoms. The Hall–Kier alpha value is 0.0900. The molecule has 0 amide bonds. The van der Waals surface area contributed by atoms with Crippen LogP contribution in [0.25, 0.3) is 0 Å². The molecule has 0 N–H and O–H groups in total. The maximum Gasteiger partial charge on any atom is 0.250 e. The molecule has 0 radical (unpaired) electrons. The molecule has 0 saturated heterocycles. The Bertz CT molecular complexity index is 302. The summed E-state index contributed by atoms with van der Waals surface area (Å²) in [5.74, 6) is 0.843. The highest BCUT2D eigenvalue weighted by Gasteiger charge is 2.20. The van der Waals surface area contributed by atoms with Gasteiger partial charge in [-0.15, -0.1) is 0 Å². The van der Waals surface area contributed by atoms with E-state index in [0.717, 1.165) is 17.5 Å². The van der Waals surface area contributed by atoms with Gasteiger partial charge in [0.2, 0.25) is 5.70 Å². The topological polar surface area (TPSA) is 17.1 Å².